The monoisotopic (exact) mass is 285 g/mol. The van der Waals surface area contributed by atoms with Crippen molar-refractivity contribution in [1.29, 1.82) is 0 Å². The molecule has 0 fully saturated rings. The highest BCUT2D eigenvalue weighted by Crippen LogP contribution is 1.97. The minimum Gasteiger partial charge on any atom is -0.353 e. The molecule has 0 aliphatic heterocycles. The first kappa shape index (κ1) is 15.1. The zero-order valence-corrected chi connectivity index (χ0v) is 10.9. The van der Waals surface area contributed by atoms with Gasteiger partial charge in [0.05, 0.1) is 12.3 Å². The van der Waals surface area contributed by atoms with Gasteiger partial charge in [-0.3, -0.25) is 9.59 Å². The summed E-state index contributed by atoms with van der Waals surface area (Å²) in [5.41, 5.74) is 0.444. The van der Waals surface area contributed by atoms with E-state index in [2.05, 4.69) is 10.6 Å². The summed E-state index contributed by atoms with van der Waals surface area (Å²) in [5, 5.41) is 9.52. The Balaban J connectivity index is 2.29. The molecule has 8 heteroatoms. The van der Waals surface area contributed by atoms with Crippen molar-refractivity contribution in [2.24, 2.45) is 5.14 Å². The van der Waals surface area contributed by atoms with E-state index >= 15 is 0 Å². The van der Waals surface area contributed by atoms with Crippen LogP contribution in [0.4, 0.5) is 0 Å². The van der Waals surface area contributed by atoms with Gasteiger partial charge in [-0.25, -0.2) is 13.6 Å². The predicted molar refractivity (Wildman–Crippen MR) is 69.8 cm³/mol. The number of carbonyl (C=O) groups excluding carboxylic acids is 2. The lowest BCUT2D eigenvalue weighted by Crippen LogP contribution is -2.39. The van der Waals surface area contributed by atoms with Gasteiger partial charge in [0.15, 0.2) is 0 Å². The van der Waals surface area contributed by atoms with Crippen LogP contribution in [0.5, 0.6) is 0 Å². The summed E-state index contributed by atoms with van der Waals surface area (Å²) in [5.74, 6) is -1.19. The second kappa shape index (κ2) is 6.86. The summed E-state index contributed by atoms with van der Waals surface area (Å²) >= 11 is 0. The Kier molecular flexibility index (Phi) is 5.46. The maximum Gasteiger partial charge on any atom is 0.251 e. The molecule has 0 saturated heterocycles. The highest BCUT2D eigenvalue weighted by molar-refractivity contribution is 7.89. The fourth-order valence-corrected chi connectivity index (χ4v) is 1.63. The molecule has 0 atom stereocenters. The molecule has 0 aromatic heterocycles. The minimum atomic E-state index is -3.60. The summed E-state index contributed by atoms with van der Waals surface area (Å²) in [4.78, 5) is 22.9. The molecule has 2 amide bonds. The Morgan fingerprint density at radius 1 is 1.11 bits per heavy atom. The topological polar surface area (TPSA) is 118 Å². The van der Waals surface area contributed by atoms with Gasteiger partial charge in [0.25, 0.3) is 5.91 Å². The fraction of sp³-hybridized carbons (Fsp3) is 0.273. The molecule has 104 valence electrons. The molecule has 1 aromatic rings. The Bertz CT molecular complexity index is 542. The molecule has 19 heavy (non-hydrogen) atoms. The summed E-state index contributed by atoms with van der Waals surface area (Å²) in [6.45, 7) is -0.308. The van der Waals surface area contributed by atoms with E-state index < -0.39 is 15.9 Å². The SMILES string of the molecule is NS(=O)(=O)CCNC(=O)CNC(=O)c1ccccc1. The second-order valence-electron chi connectivity index (χ2n) is 3.77. The lowest BCUT2D eigenvalue weighted by Gasteiger charge is -2.06. The lowest BCUT2D eigenvalue weighted by atomic mass is 10.2. The van der Waals surface area contributed by atoms with E-state index in [9.17, 15) is 18.0 Å². The van der Waals surface area contributed by atoms with Crippen LogP contribution in [0.3, 0.4) is 0 Å². The Labute approximate surface area is 111 Å². The summed E-state index contributed by atoms with van der Waals surface area (Å²) < 4.78 is 21.2. The Hall–Kier alpha value is -1.93. The summed E-state index contributed by atoms with van der Waals surface area (Å²) in [6.07, 6.45) is 0. The smallest absolute Gasteiger partial charge is 0.251 e. The molecule has 0 spiro atoms. The van der Waals surface area contributed by atoms with Crippen LogP contribution in [0.25, 0.3) is 0 Å². The van der Waals surface area contributed by atoms with Crippen LogP contribution in [0.15, 0.2) is 30.3 Å². The van der Waals surface area contributed by atoms with Crippen LogP contribution < -0.4 is 15.8 Å². The van der Waals surface area contributed by atoms with E-state index in [1.165, 1.54) is 0 Å². The number of hydrogen-bond acceptors (Lipinski definition) is 4. The zero-order valence-electron chi connectivity index (χ0n) is 10.1. The number of hydrogen-bond donors (Lipinski definition) is 3. The van der Waals surface area contributed by atoms with Crippen LogP contribution in [-0.2, 0) is 14.8 Å². The van der Waals surface area contributed by atoms with Gasteiger partial charge in [-0.2, -0.15) is 0 Å². The van der Waals surface area contributed by atoms with E-state index in [1.54, 1.807) is 30.3 Å². The highest BCUT2D eigenvalue weighted by atomic mass is 32.2. The van der Waals surface area contributed by atoms with Gasteiger partial charge in [-0.1, -0.05) is 18.2 Å². The number of rotatable bonds is 6. The quantitative estimate of drug-likeness (QED) is 0.609. The molecule has 4 N–H and O–H groups in total. The molecule has 7 nitrogen and oxygen atoms in total. The van der Waals surface area contributed by atoms with Gasteiger partial charge in [-0.15, -0.1) is 0 Å². The summed E-state index contributed by atoms with van der Waals surface area (Å²) in [6, 6.07) is 8.43. The molecule has 0 aliphatic carbocycles. The first-order valence-corrected chi connectivity index (χ1v) is 7.20. The van der Waals surface area contributed by atoms with E-state index in [1.807, 2.05) is 0 Å². The maximum absolute atomic E-state index is 11.6. The minimum absolute atomic E-state index is 0.0845. The van der Waals surface area contributed by atoms with Crippen LogP contribution in [-0.4, -0.2) is 39.1 Å². The average Bonchev–Trinajstić information content (AvgIpc) is 2.35. The van der Waals surface area contributed by atoms with Crippen molar-refractivity contribution in [1.82, 2.24) is 10.6 Å². The highest BCUT2D eigenvalue weighted by Gasteiger charge is 2.08. The van der Waals surface area contributed by atoms with Crippen molar-refractivity contribution in [2.45, 2.75) is 0 Å². The fourth-order valence-electron chi connectivity index (χ4n) is 1.25. The first-order chi connectivity index (χ1) is 8.88. The normalized spacial score (nSPS) is 10.8. The second-order valence-corrected chi connectivity index (χ2v) is 5.50. The summed E-state index contributed by atoms with van der Waals surface area (Å²) in [7, 11) is -3.60. The van der Waals surface area contributed by atoms with Crippen LogP contribution >= 0.6 is 0 Å². The number of amides is 2. The molecular weight excluding hydrogens is 270 g/mol. The third-order valence-corrected chi connectivity index (χ3v) is 2.93. The first-order valence-electron chi connectivity index (χ1n) is 5.49. The van der Waals surface area contributed by atoms with Crippen molar-refractivity contribution in [3.05, 3.63) is 35.9 Å². The number of nitrogens with one attached hydrogen (secondary N) is 2. The maximum atomic E-state index is 11.6. The van der Waals surface area contributed by atoms with Crippen LogP contribution in [0.2, 0.25) is 0 Å². The molecule has 0 saturated carbocycles. The standard InChI is InChI=1S/C11H15N3O4S/c12-19(17,18)7-6-13-10(15)8-14-11(16)9-4-2-1-3-5-9/h1-5H,6-8H2,(H,13,15)(H,14,16)(H2,12,17,18). The number of sulfonamides is 1. The van der Waals surface area contributed by atoms with Crippen molar-refractivity contribution in [3.63, 3.8) is 0 Å². The predicted octanol–water partition coefficient (Wildman–Crippen LogP) is -1.18. The third-order valence-electron chi connectivity index (χ3n) is 2.15. The molecule has 0 heterocycles. The third kappa shape index (κ3) is 6.53. The van der Waals surface area contributed by atoms with Crippen LogP contribution in [0.1, 0.15) is 10.4 Å². The van der Waals surface area contributed by atoms with E-state index in [0.29, 0.717) is 5.56 Å². The van der Waals surface area contributed by atoms with Crippen LogP contribution in [0, 0.1) is 0 Å². The molecule has 0 bridgehead atoms. The van der Waals surface area contributed by atoms with Gasteiger partial charge < -0.3 is 10.6 Å². The number of carbonyl (C=O) groups is 2. The molecular formula is C11H15N3O4S. The van der Waals surface area contributed by atoms with E-state index in [4.69, 9.17) is 5.14 Å². The van der Waals surface area contributed by atoms with Gasteiger partial charge in [-0.05, 0) is 12.1 Å². The lowest BCUT2D eigenvalue weighted by molar-refractivity contribution is -0.120. The Morgan fingerprint density at radius 3 is 2.32 bits per heavy atom. The van der Waals surface area contributed by atoms with Crippen molar-refractivity contribution in [3.8, 4) is 0 Å². The number of primary sulfonamides is 1. The molecule has 0 unspecified atom stereocenters. The van der Waals surface area contributed by atoms with Crippen molar-refractivity contribution >= 4 is 21.8 Å². The Morgan fingerprint density at radius 2 is 1.74 bits per heavy atom. The van der Waals surface area contributed by atoms with Gasteiger partial charge in [0.2, 0.25) is 15.9 Å². The number of benzene rings is 1. The van der Waals surface area contributed by atoms with Crippen molar-refractivity contribution in [2.75, 3.05) is 18.8 Å². The van der Waals surface area contributed by atoms with Crippen molar-refractivity contribution < 1.29 is 18.0 Å². The van der Waals surface area contributed by atoms with Gasteiger partial charge in [0.1, 0.15) is 0 Å². The zero-order chi connectivity index (χ0) is 14.3. The van der Waals surface area contributed by atoms with E-state index in [0.717, 1.165) is 0 Å². The van der Waals surface area contributed by atoms with Gasteiger partial charge >= 0.3 is 0 Å². The number of nitrogens with two attached hydrogens (primary N) is 1. The van der Waals surface area contributed by atoms with E-state index in [-0.39, 0.29) is 24.7 Å². The largest absolute Gasteiger partial charge is 0.353 e. The molecule has 1 rings (SSSR count). The molecule has 1 aromatic carbocycles. The molecule has 0 aliphatic rings. The average molecular weight is 285 g/mol. The van der Waals surface area contributed by atoms with Gasteiger partial charge in [0, 0.05) is 12.1 Å². The molecule has 0 radical (unpaired) electrons.